The zero-order chi connectivity index (χ0) is 14.8. The number of halogens is 3. The highest BCUT2D eigenvalue weighted by Gasteiger charge is 2.44. The summed E-state index contributed by atoms with van der Waals surface area (Å²) in [5, 5.41) is 0. The highest BCUT2D eigenvalue weighted by atomic mass is 19.4. The van der Waals surface area contributed by atoms with Gasteiger partial charge in [0.25, 0.3) is 5.91 Å². The van der Waals surface area contributed by atoms with Crippen LogP contribution in [-0.2, 0) is 6.18 Å². The van der Waals surface area contributed by atoms with Crippen LogP contribution in [0.2, 0.25) is 0 Å². The van der Waals surface area contributed by atoms with E-state index in [1.807, 2.05) is 0 Å². The first-order valence-corrected chi connectivity index (χ1v) is 6.52. The molecule has 0 saturated carbocycles. The standard InChI is InChI=1S/C14H10F3N3O/c15-14(16,17)8-2-1-3-10-12(8)13(21)19-5-4-9(19)11-6-18-7-20(10)11/h1-3,6-7,9H,4-5H2/t9-/m0/s1. The summed E-state index contributed by atoms with van der Waals surface area (Å²) in [4.78, 5) is 18.0. The number of imidazole rings is 1. The third-order valence-electron chi connectivity index (χ3n) is 4.11. The van der Waals surface area contributed by atoms with Crippen molar-refractivity contribution < 1.29 is 18.0 Å². The van der Waals surface area contributed by atoms with E-state index in [4.69, 9.17) is 0 Å². The van der Waals surface area contributed by atoms with E-state index in [0.29, 0.717) is 6.54 Å². The van der Waals surface area contributed by atoms with Crippen molar-refractivity contribution in [3.63, 3.8) is 0 Å². The first-order valence-electron chi connectivity index (χ1n) is 6.52. The van der Waals surface area contributed by atoms with E-state index in [1.165, 1.54) is 23.4 Å². The predicted octanol–water partition coefficient (Wildman–Crippen LogP) is 2.79. The summed E-state index contributed by atoms with van der Waals surface area (Å²) < 4.78 is 41.3. The van der Waals surface area contributed by atoms with E-state index >= 15 is 0 Å². The van der Waals surface area contributed by atoms with Gasteiger partial charge in [-0.2, -0.15) is 13.2 Å². The number of nitrogens with zero attached hydrogens (tertiary/aromatic N) is 3. The van der Waals surface area contributed by atoms with Crippen LogP contribution < -0.4 is 0 Å². The number of alkyl halides is 3. The molecule has 108 valence electrons. The number of benzene rings is 1. The summed E-state index contributed by atoms with van der Waals surface area (Å²) in [7, 11) is 0. The van der Waals surface area contributed by atoms with Crippen molar-refractivity contribution in [3.05, 3.63) is 47.5 Å². The van der Waals surface area contributed by atoms with Gasteiger partial charge in [0.1, 0.15) is 0 Å². The number of aromatic nitrogens is 2. The zero-order valence-electron chi connectivity index (χ0n) is 10.8. The predicted molar refractivity (Wildman–Crippen MR) is 67.0 cm³/mol. The van der Waals surface area contributed by atoms with Crippen molar-refractivity contribution in [2.75, 3.05) is 6.54 Å². The minimum atomic E-state index is -4.56. The first kappa shape index (κ1) is 12.4. The van der Waals surface area contributed by atoms with Gasteiger partial charge in [-0.15, -0.1) is 0 Å². The summed E-state index contributed by atoms with van der Waals surface area (Å²) in [5.74, 6) is -0.558. The van der Waals surface area contributed by atoms with Crippen LogP contribution in [0.3, 0.4) is 0 Å². The molecule has 1 saturated heterocycles. The molecule has 0 bridgehead atoms. The molecule has 1 atom stereocenters. The van der Waals surface area contributed by atoms with Gasteiger partial charge in [-0.25, -0.2) is 4.98 Å². The van der Waals surface area contributed by atoms with Crippen LogP contribution in [0.1, 0.15) is 34.1 Å². The van der Waals surface area contributed by atoms with Gasteiger partial charge >= 0.3 is 6.18 Å². The smallest absolute Gasteiger partial charge is 0.330 e. The van der Waals surface area contributed by atoms with Crippen molar-refractivity contribution in [1.29, 1.82) is 0 Å². The number of carbonyl (C=O) groups excluding carboxylic acids is 1. The molecule has 21 heavy (non-hydrogen) atoms. The fourth-order valence-corrected chi connectivity index (χ4v) is 3.04. The molecular formula is C14H10F3N3O. The van der Waals surface area contributed by atoms with Gasteiger partial charge in [0.15, 0.2) is 0 Å². The van der Waals surface area contributed by atoms with Crippen LogP contribution in [0.15, 0.2) is 30.7 Å². The number of carbonyl (C=O) groups is 1. The van der Waals surface area contributed by atoms with Gasteiger partial charge in [-0.05, 0) is 18.6 Å². The maximum Gasteiger partial charge on any atom is 0.417 e. The Morgan fingerprint density at radius 2 is 2.10 bits per heavy atom. The molecule has 1 amide bonds. The van der Waals surface area contributed by atoms with Gasteiger partial charge in [-0.3, -0.25) is 4.79 Å². The molecule has 4 nitrogen and oxygen atoms in total. The molecule has 0 N–H and O–H groups in total. The Balaban J connectivity index is 2.05. The summed E-state index contributed by atoms with van der Waals surface area (Å²) >= 11 is 0. The molecular weight excluding hydrogens is 283 g/mol. The Hall–Kier alpha value is -2.31. The maximum absolute atomic E-state index is 13.2. The number of hydrogen-bond acceptors (Lipinski definition) is 2. The summed E-state index contributed by atoms with van der Waals surface area (Å²) in [6.07, 6.45) is -0.748. The molecule has 7 heteroatoms. The first-order chi connectivity index (χ1) is 9.98. The van der Waals surface area contributed by atoms with E-state index < -0.39 is 17.6 Å². The van der Waals surface area contributed by atoms with Gasteiger partial charge in [0.2, 0.25) is 0 Å². The lowest BCUT2D eigenvalue weighted by molar-refractivity contribution is -0.138. The number of amides is 1. The van der Waals surface area contributed by atoms with E-state index in [1.54, 1.807) is 10.8 Å². The van der Waals surface area contributed by atoms with Gasteiger partial charge in [0.05, 0.1) is 41.1 Å². The second-order valence-corrected chi connectivity index (χ2v) is 5.19. The van der Waals surface area contributed by atoms with Gasteiger partial charge in [0, 0.05) is 6.54 Å². The Morgan fingerprint density at radius 1 is 1.29 bits per heavy atom. The largest absolute Gasteiger partial charge is 0.417 e. The number of hydrogen-bond donors (Lipinski definition) is 0. The molecule has 2 aromatic rings. The van der Waals surface area contributed by atoms with Crippen molar-refractivity contribution in [2.45, 2.75) is 18.6 Å². The minimum absolute atomic E-state index is 0.187. The molecule has 1 fully saturated rings. The van der Waals surface area contributed by atoms with Crippen LogP contribution in [0.5, 0.6) is 0 Å². The Kier molecular flexibility index (Phi) is 2.29. The van der Waals surface area contributed by atoms with Crippen molar-refractivity contribution in [2.24, 2.45) is 0 Å². The van der Waals surface area contributed by atoms with E-state index in [9.17, 15) is 18.0 Å². The number of fused-ring (bicyclic) bond motifs is 5. The monoisotopic (exact) mass is 293 g/mol. The Morgan fingerprint density at radius 3 is 2.76 bits per heavy atom. The van der Waals surface area contributed by atoms with E-state index in [2.05, 4.69) is 4.98 Å². The van der Waals surface area contributed by atoms with E-state index in [0.717, 1.165) is 18.2 Å². The van der Waals surface area contributed by atoms with Crippen molar-refractivity contribution >= 4 is 5.91 Å². The van der Waals surface area contributed by atoms with Crippen LogP contribution in [0, 0.1) is 0 Å². The fourth-order valence-electron chi connectivity index (χ4n) is 3.04. The van der Waals surface area contributed by atoms with E-state index in [-0.39, 0.29) is 17.3 Å². The van der Waals surface area contributed by atoms with Gasteiger partial charge < -0.3 is 9.47 Å². The average molecular weight is 293 g/mol. The summed E-state index contributed by atoms with van der Waals surface area (Å²) in [6.45, 7) is 0.473. The molecule has 0 spiro atoms. The summed E-state index contributed by atoms with van der Waals surface area (Å²) in [5.41, 5.74) is -0.173. The lowest BCUT2D eigenvalue weighted by Gasteiger charge is -2.39. The zero-order valence-corrected chi connectivity index (χ0v) is 10.8. The highest BCUT2D eigenvalue weighted by molar-refractivity contribution is 6.00. The molecule has 0 aliphatic carbocycles. The van der Waals surface area contributed by atoms with Crippen LogP contribution in [0.25, 0.3) is 5.69 Å². The molecule has 2 aliphatic heterocycles. The summed E-state index contributed by atoms with van der Waals surface area (Å²) in [6, 6.07) is 3.61. The Bertz CT molecular complexity index is 750. The second-order valence-electron chi connectivity index (χ2n) is 5.19. The third-order valence-corrected chi connectivity index (χ3v) is 4.11. The molecule has 3 heterocycles. The third kappa shape index (κ3) is 1.57. The number of rotatable bonds is 0. The SMILES string of the molecule is O=C1c2c(cccc2C(F)(F)F)-n2cncc2[C@@H]2CCN12. The highest BCUT2D eigenvalue weighted by Crippen LogP contribution is 2.43. The molecule has 1 aromatic carbocycles. The lowest BCUT2D eigenvalue weighted by Crippen LogP contribution is -2.44. The van der Waals surface area contributed by atoms with Crippen LogP contribution in [0.4, 0.5) is 13.2 Å². The molecule has 0 unspecified atom stereocenters. The minimum Gasteiger partial charge on any atom is -0.330 e. The molecule has 1 aromatic heterocycles. The van der Waals surface area contributed by atoms with Gasteiger partial charge in [-0.1, -0.05) is 6.07 Å². The van der Waals surface area contributed by atoms with Crippen LogP contribution >= 0.6 is 0 Å². The fraction of sp³-hybridized carbons (Fsp3) is 0.286. The normalized spacial score (nSPS) is 20.2. The quantitative estimate of drug-likeness (QED) is 0.749. The van der Waals surface area contributed by atoms with Crippen LogP contribution in [-0.4, -0.2) is 26.9 Å². The molecule has 4 rings (SSSR count). The van der Waals surface area contributed by atoms with Crippen molar-refractivity contribution in [3.8, 4) is 5.69 Å². The lowest BCUT2D eigenvalue weighted by atomic mass is 9.98. The maximum atomic E-state index is 13.2. The Labute approximate surface area is 117 Å². The topological polar surface area (TPSA) is 38.1 Å². The second kappa shape index (κ2) is 3.87. The average Bonchev–Trinajstić information content (AvgIpc) is 2.81. The van der Waals surface area contributed by atoms with Crippen molar-refractivity contribution in [1.82, 2.24) is 14.5 Å². The molecule has 2 aliphatic rings. The molecule has 0 radical (unpaired) electrons.